The van der Waals surface area contributed by atoms with E-state index in [1.807, 2.05) is 18.2 Å². The van der Waals surface area contributed by atoms with Gasteiger partial charge in [0, 0.05) is 17.4 Å². The molecule has 2 atom stereocenters. The highest BCUT2D eigenvalue weighted by atomic mass is 16.5. The lowest BCUT2D eigenvalue weighted by Gasteiger charge is -2.17. The van der Waals surface area contributed by atoms with Crippen LogP contribution in [0.1, 0.15) is 36.3 Å². The summed E-state index contributed by atoms with van der Waals surface area (Å²) >= 11 is 0. The molecular formula is C15H13NO2. The van der Waals surface area contributed by atoms with Crippen LogP contribution in [0.15, 0.2) is 35.4 Å². The Bertz CT molecular complexity index is 595. The van der Waals surface area contributed by atoms with Crippen LogP contribution in [0.4, 0.5) is 0 Å². The highest BCUT2D eigenvalue weighted by molar-refractivity contribution is 5.94. The molecule has 0 saturated heterocycles. The minimum Gasteiger partial charge on any atom is -0.463 e. The second-order valence-corrected chi connectivity index (χ2v) is 4.63. The zero-order chi connectivity index (χ0) is 12.7. The third-order valence-electron chi connectivity index (χ3n) is 3.82. The van der Waals surface area contributed by atoms with Crippen molar-refractivity contribution in [2.24, 2.45) is 0 Å². The van der Waals surface area contributed by atoms with Gasteiger partial charge in [-0.15, -0.1) is 0 Å². The van der Waals surface area contributed by atoms with Gasteiger partial charge in [-0.2, -0.15) is 5.26 Å². The Morgan fingerprint density at radius 1 is 1.39 bits per heavy atom. The monoisotopic (exact) mass is 239 g/mol. The first-order valence-corrected chi connectivity index (χ1v) is 6.18. The lowest BCUT2D eigenvalue weighted by molar-refractivity contribution is -0.138. The Labute approximate surface area is 106 Å². The Balaban J connectivity index is 2.09. The zero-order valence-corrected chi connectivity index (χ0v) is 10.1. The molecule has 2 aliphatic rings. The highest BCUT2D eigenvalue weighted by Crippen LogP contribution is 2.56. The van der Waals surface area contributed by atoms with Crippen molar-refractivity contribution in [3.8, 4) is 6.07 Å². The Kier molecular flexibility index (Phi) is 2.45. The summed E-state index contributed by atoms with van der Waals surface area (Å²) in [5.41, 5.74) is 3.58. The van der Waals surface area contributed by atoms with E-state index in [1.165, 1.54) is 11.1 Å². The molecule has 0 unspecified atom stereocenters. The van der Waals surface area contributed by atoms with Crippen LogP contribution >= 0.6 is 0 Å². The van der Waals surface area contributed by atoms with E-state index in [4.69, 9.17) is 4.74 Å². The summed E-state index contributed by atoms with van der Waals surface area (Å²) in [6.07, 6.45) is 0.844. The molecule has 3 heteroatoms. The number of nitrogens with zero attached hydrogens (tertiary/aromatic N) is 1. The SMILES string of the molecule is CCOC(=O)C1=C(C#N)[C@@H]2C[C@H]1c1ccccc12. The molecule has 0 heterocycles. The third-order valence-corrected chi connectivity index (χ3v) is 3.82. The fraction of sp³-hybridized carbons (Fsp3) is 0.333. The second-order valence-electron chi connectivity index (χ2n) is 4.63. The van der Waals surface area contributed by atoms with Gasteiger partial charge in [-0.3, -0.25) is 0 Å². The smallest absolute Gasteiger partial charge is 0.335 e. The van der Waals surface area contributed by atoms with Gasteiger partial charge in [0.2, 0.25) is 0 Å². The summed E-state index contributed by atoms with van der Waals surface area (Å²) in [6.45, 7) is 2.13. The minimum absolute atomic E-state index is 0.0555. The average molecular weight is 239 g/mol. The molecule has 1 aromatic carbocycles. The molecule has 0 radical (unpaired) electrons. The number of allylic oxidation sites excluding steroid dienone is 1. The summed E-state index contributed by atoms with van der Waals surface area (Å²) in [5, 5.41) is 9.29. The first-order valence-electron chi connectivity index (χ1n) is 6.18. The van der Waals surface area contributed by atoms with E-state index in [0.29, 0.717) is 17.8 Å². The number of ether oxygens (including phenoxy) is 1. The standard InChI is InChI=1S/C15H13NO2/c1-2-18-15(17)14-12-7-11(13(14)8-16)9-5-3-4-6-10(9)12/h3-6,11-12H,2,7H2,1H3/t11-,12+/m1/s1. The van der Waals surface area contributed by atoms with Crippen molar-refractivity contribution in [1.29, 1.82) is 5.26 Å². The van der Waals surface area contributed by atoms with Gasteiger partial charge in [0.25, 0.3) is 0 Å². The van der Waals surface area contributed by atoms with Crippen LogP contribution in [-0.4, -0.2) is 12.6 Å². The summed E-state index contributed by atoms with van der Waals surface area (Å²) in [7, 11) is 0. The molecule has 0 aliphatic heterocycles. The lowest BCUT2D eigenvalue weighted by atomic mass is 9.86. The predicted molar refractivity (Wildman–Crippen MR) is 65.8 cm³/mol. The number of hydrogen-bond acceptors (Lipinski definition) is 3. The molecule has 1 aromatic rings. The molecule has 18 heavy (non-hydrogen) atoms. The van der Waals surface area contributed by atoms with Crippen LogP contribution in [0.2, 0.25) is 0 Å². The van der Waals surface area contributed by atoms with E-state index in [0.717, 1.165) is 6.42 Å². The van der Waals surface area contributed by atoms with E-state index >= 15 is 0 Å². The topological polar surface area (TPSA) is 50.1 Å². The van der Waals surface area contributed by atoms with E-state index in [-0.39, 0.29) is 17.8 Å². The number of esters is 1. The van der Waals surface area contributed by atoms with Gasteiger partial charge in [0.1, 0.15) is 0 Å². The number of carbonyl (C=O) groups excluding carboxylic acids is 1. The van der Waals surface area contributed by atoms with Crippen molar-refractivity contribution in [1.82, 2.24) is 0 Å². The molecule has 3 rings (SSSR count). The Morgan fingerprint density at radius 3 is 2.67 bits per heavy atom. The number of hydrogen-bond donors (Lipinski definition) is 0. The van der Waals surface area contributed by atoms with Gasteiger partial charge in [-0.05, 0) is 24.5 Å². The van der Waals surface area contributed by atoms with Crippen molar-refractivity contribution in [3.63, 3.8) is 0 Å². The molecule has 90 valence electrons. The van der Waals surface area contributed by atoms with E-state index in [2.05, 4.69) is 12.1 Å². The normalized spacial score (nSPS) is 23.8. The van der Waals surface area contributed by atoms with E-state index < -0.39 is 0 Å². The van der Waals surface area contributed by atoms with Gasteiger partial charge in [0.15, 0.2) is 0 Å². The maximum atomic E-state index is 12.0. The summed E-state index contributed by atoms with van der Waals surface area (Å²) in [6, 6.07) is 10.3. The maximum absolute atomic E-state index is 12.0. The van der Waals surface area contributed by atoms with Crippen LogP contribution in [-0.2, 0) is 9.53 Å². The number of nitriles is 1. The minimum atomic E-state index is -0.323. The molecule has 0 N–H and O–H groups in total. The van der Waals surface area contributed by atoms with Crippen molar-refractivity contribution >= 4 is 5.97 Å². The number of rotatable bonds is 2. The molecular weight excluding hydrogens is 226 g/mol. The number of fused-ring (bicyclic) bond motifs is 5. The summed E-state index contributed by atoms with van der Waals surface area (Å²) < 4.78 is 5.08. The summed E-state index contributed by atoms with van der Waals surface area (Å²) in [5.74, 6) is -0.174. The second kappa shape index (κ2) is 3.99. The zero-order valence-electron chi connectivity index (χ0n) is 10.1. The molecule has 0 amide bonds. The van der Waals surface area contributed by atoms with Gasteiger partial charge < -0.3 is 4.74 Å². The predicted octanol–water partition coefficient (Wildman–Crippen LogP) is 2.65. The molecule has 0 aromatic heterocycles. The maximum Gasteiger partial charge on any atom is 0.335 e. The number of benzene rings is 1. The van der Waals surface area contributed by atoms with Crippen LogP contribution in [0.25, 0.3) is 0 Å². The molecule has 2 bridgehead atoms. The van der Waals surface area contributed by atoms with Gasteiger partial charge in [0.05, 0.1) is 18.2 Å². The van der Waals surface area contributed by atoms with Gasteiger partial charge in [-0.25, -0.2) is 4.79 Å². The van der Waals surface area contributed by atoms with Crippen LogP contribution < -0.4 is 0 Å². The van der Waals surface area contributed by atoms with Crippen molar-refractivity contribution in [2.75, 3.05) is 6.61 Å². The van der Waals surface area contributed by atoms with Crippen molar-refractivity contribution in [3.05, 3.63) is 46.5 Å². The quantitative estimate of drug-likeness (QED) is 0.745. The average Bonchev–Trinajstić information content (AvgIpc) is 2.94. The molecule has 2 aliphatic carbocycles. The van der Waals surface area contributed by atoms with Crippen LogP contribution in [0.5, 0.6) is 0 Å². The van der Waals surface area contributed by atoms with Gasteiger partial charge in [-0.1, -0.05) is 24.3 Å². The van der Waals surface area contributed by atoms with Crippen LogP contribution in [0, 0.1) is 11.3 Å². The molecule has 0 spiro atoms. The van der Waals surface area contributed by atoms with E-state index in [9.17, 15) is 10.1 Å². The largest absolute Gasteiger partial charge is 0.463 e. The Morgan fingerprint density at radius 2 is 2.06 bits per heavy atom. The van der Waals surface area contributed by atoms with Crippen molar-refractivity contribution in [2.45, 2.75) is 25.2 Å². The van der Waals surface area contributed by atoms with Crippen LogP contribution in [0.3, 0.4) is 0 Å². The number of carbonyl (C=O) groups is 1. The van der Waals surface area contributed by atoms with Gasteiger partial charge >= 0.3 is 5.97 Å². The molecule has 3 nitrogen and oxygen atoms in total. The van der Waals surface area contributed by atoms with Crippen molar-refractivity contribution < 1.29 is 9.53 Å². The molecule has 0 saturated carbocycles. The summed E-state index contributed by atoms with van der Waals surface area (Å²) in [4.78, 5) is 12.0. The third kappa shape index (κ3) is 1.32. The highest BCUT2D eigenvalue weighted by Gasteiger charge is 2.46. The first-order chi connectivity index (χ1) is 8.77. The fourth-order valence-corrected chi connectivity index (χ4v) is 3.16. The molecule has 0 fully saturated rings. The first kappa shape index (κ1) is 11.0. The fourth-order valence-electron chi connectivity index (χ4n) is 3.16. The lowest BCUT2D eigenvalue weighted by Crippen LogP contribution is -2.15. The Hall–Kier alpha value is -2.08. The van der Waals surface area contributed by atoms with E-state index in [1.54, 1.807) is 6.92 Å².